The van der Waals surface area contributed by atoms with Gasteiger partial charge < -0.3 is 15.2 Å². The van der Waals surface area contributed by atoms with E-state index in [-0.39, 0.29) is 5.91 Å². The van der Waals surface area contributed by atoms with Gasteiger partial charge in [-0.2, -0.15) is 0 Å². The van der Waals surface area contributed by atoms with E-state index in [0.29, 0.717) is 24.0 Å². The second-order valence-corrected chi connectivity index (χ2v) is 6.59. The molecule has 0 saturated carbocycles. The van der Waals surface area contributed by atoms with Crippen molar-refractivity contribution < 1.29 is 9.32 Å². The summed E-state index contributed by atoms with van der Waals surface area (Å²) < 4.78 is 5.35. The van der Waals surface area contributed by atoms with Gasteiger partial charge in [-0.15, -0.1) is 11.8 Å². The third kappa shape index (κ3) is 4.60. The number of aryl methyl sites for hydroxylation is 1. The zero-order chi connectivity index (χ0) is 18.4. The Hall–Kier alpha value is -2.87. The van der Waals surface area contributed by atoms with Gasteiger partial charge >= 0.3 is 0 Å². The number of hydrogen-bond donors (Lipinski definition) is 2. The topological polar surface area (TPSA) is 92.9 Å². The summed E-state index contributed by atoms with van der Waals surface area (Å²) in [6.45, 7) is 3.92. The summed E-state index contributed by atoms with van der Waals surface area (Å²) in [6.07, 6.45) is 1.70. The van der Waals surface area contributed by atoms with E-state index in [2.05, 4.69) is 25.8 Å². The van der Waals surface area contributed by atoms with Gasteiger partial charge in [-0.25, -0.2) is 9.97 Å². The number of carbonyl (C=O) groups is 1. The lowest BCUT2D eigenvalue weighted by Crippen LogP contribution is -2.22. The largest absolute Gasteiger partial charge is 0.360 e. The molecule has 0 radical (unpaired) electrons. The van der Waals surface area contributed by atoms with E-state index in [1.54, 1.807) is 6.20 Å². The normalized spacial score (nSPS) is 10.5. The van der Waals surface area contributed by atoms with Gasteiger partial charge in [0, 0.05) is 31.1 Å². The summed E-state index contributed by atoms with van der Waals surface area (Å²) in [7, 11) is 0. The number of thioether (sulfide) groups is 1. The zero-order valence-corrected chi connectivity index (χ0v) is 15.3. The van der Waals surface area contributed by atoms with Crippen molar-refractivity contribution in [3.63, 3.8) is 0 Å². The van der Waals surface area contributed by atoms with E-state index in [1.807, 2.05) is 43.3 Å². The van der Waals surface area contributed by atoms with Crippen molar-refractivity contribution in [1.29, 1.82) is 0 Å². The summed E-state index contributed by atoms with van der Waals surface area (Å²) in [6, 6.07) is 11.6. The van der Waals surface area contributed by atoms with Crippen LogP contribution < -0.4 is 10.6 Å². The molecule has 2 N–H and O–H groups in total. The molecule has 8 heteroatoms. The predicted molar refractivity (Wildman–Crippen MR) is 101 cm³/mol. The molecule has 0 spiro atoms. The second-order valence-electron chi connectivity index (χ2n) is 5.51. The first-order valence-corrected chi connectivity index (χ1v) is 9.11. The molecule has 0 unspecified atom stereocenters. The molecule has 0 bridgehead atoms. The molecule has 2 aromatic heterocycles. The smallest absolute Gasteiger partial charge is 0.227 e. The molecular formula is C18H19N5O2S. The minimum absolute atomic E-state index is 0.0467. The molecule has 1 amide bonds. The SMILES string of the molecule is CC(=O)NCCSc1noc(C)c1-c1ccnc(Nc2ccccc2)n1. The Balaban J connectivity index is 1.77. The molecule has 0 fully saturated rings. The third-order valence-corrected chi connectivity index (χ3v) is 4.45. The molecule has 134 valence electrons. The number of para-hydroxylation sites is 1. The average Bonchev–Trinajstić information content (AvgIpc) is 3.00. The highest BCUT2D eigenvalue weighted by molar-refractivity contribution is 7.99. The van der Waals surface area contributed by atoms with Crippen molar-refractivity contribution in [2.75, 3.05) is 17.6 Å². The summed E-state index contributed by atoms with van der Waals surface area (Å²) in [5, 5.41) is 10.8. The van der Waals surface area contributed by atoms with Crippen molar-refractivity contribution in [3.05, 3.63) is 48.4 Å². The van der Waals surface area contributed by atoms with Crippen LogP contribution in [0.5, 0.6) is 0 Å². The van der Waals surface area contributed by atoms with Crippen LogP contribution in [0, 0.1) is 6.92 Å². The minimum atomic E-state index is -0.0467. The number of anilines is 2. The molecule has 1 aromatic carbocycles. The average molecular weight is 369 g/mol. The van der Waals surface area contributed by atoms with E-state index in [1.165, 1.54) is 18.7 Å². The van der Waals surface area contributed by atoms with E-state index < -0.39 is 0 Å². The Morgan fingerprint density at radius 3 is 2.81 bits per heavy atom. The fraction of sp³-hybridized carbons (Fsp3) is 0.222. The van der Waals surface area contributed by atoms with Gasteiger partial charge in [0.05, 0.1) is 11.3 Å². The van der Waals surface area contributed by atoms with E-state index in [4.69, 9.17) is 4.52 Å². The molecular weight excluding hydrogens is 350 g/mol. The van der Waals surface area contributed by atoms with Crippen LogP contribution in [0.25, 0.3) is 11.3 Å². The zero-order valence-electron chi connectivity index (χ0n) is 14.5. The van der Waals surface area contributed by atoms with Crippen LogP contribution in [0.3, 0.4) is 0 Å². The first-order chi connectivity index (χ1) is 12.6. The number of nitrogens with one attached hydrogen (secondary N) is 2. The first-order valence-electron chi connectivity index (χ1n) is 8.12. The lowest BCUT2D eigenvalue weighted by atomic mass is 10.2. The van der Waals surface area contributed by atoms with Gasteiger partial charge in [-0.05, 0) is 25.1 Å². The third-order valence-electron chi connectivity index (χ3n) is 3.49. The van der Waals surface area contributed by atoms with Gasteiger partial charge in [0.25, 0.3) is 0 Å². The lowest BCUT2D eigenvalue weighted by molar-refractivity contribution is -0.118. The van der Waals surface area contributed by atoms with Crippen LogP contribution in [-0.4, -0.2) is 33.3 Å². The molecule has 0 aliphatic rings. The van der Waals surface area contributed by atoms with Crippen molar-refractivity contribution in [1.82, 2.24) is 20.4 Å². The summed E-state index contributed by atoms with van der Waals surface area (Å²) in [4.78, 5) is 19.8. The van der Waals surface area contributed by atoms with Gasteiger partial charge in [-0.3, -0.25) is 4.79 Å². The molecule has 0 atom stereocenters. The Morgan fingerprint density at radius 1 is 1.23 bits per heavy atom. The highest BCUT2D eigenvalue weighted by atomic mass is 32.2. The van der Waals surface area contributed by atoms with Gasteiger partial charge in [0.2, 0.25) is 11.9 Å². The molecule has 2 heterocycles. The van der Waals surface area contributed by atoms with Gasteiger partial charge in [-0.1, -0.05) is 23.4 Å². The Morgan fingerprint density at radius 2 is 2.04 bits per heavy atom. The number of carbonyl (C=O) groups excluding carboxylic acids is 1. The van der Waals surface area contributed by atoms with Crippen molar-refractivity contribution >= 4 is 29.3 Å². The number of amides is 1. The Labute approximate surface area is 155 Å². The van der Waals surface area contributed by atoms with Crippen molar-refractivity contribution in [2.24, 2.45) is 0 Å². The predicted octanol–water partition coefficient (Wildman–Crippen LogP) is 3.41. The Bertz CT molecular complexity index is 882. The monoisotopic (exact) mass is 369 g/mol. The molecule has 26 heavy (non-hydrogen) atoms. The molecule has 7 nitrogen and oxygen atoms in total. The van der Waals surface area contributed by atoms with Gasteiger partial charge in [0.1, 0.15) is 10.8 Å². The van der Waals surface area contributed by atoms with Crippen LogP contribution in [-0.2, 0) is 4.79 Å². The van der Waals surface area contributed by atoms with Gasteiger partial charge in [0.15, 0.2) is 0 Å². The maximum Gasteiger partial charge on any atom is 0.227 e. The molecule has 0 aliphatic carbocycles. The highest BCUT2D eigenvalue weighted by Gasteiger charge is 2.17. The van der Waals surface area contributed by atoms with E-state index in [0.717, 1.165) is 22.0 Å². The van der Waals surface area contributed by atoms with Crippen LogP contribution in [0.15, 0.2) is 52.1 Å². The van der Waals surface area contributed by atoms with Crippen LogP contribution in [0.2, 0.25) is 0 Å². The molecule has 0 aliphatic heterocycles. The Kier molecular flexibility index (Phi) is 5.85. The molecule has 3 rings (SSSR count). The minimum Gasteiger partial charge on any atom is -0.360 e. The second kappa shape index (κ2) is 8.48. The first kappa shape index (κ1) is 17.9. The van der Waals surface area contributed by atoms with Crippen LogP contribution >= 0.6 is 11.8 Å². The van der Waals surface area contributed by atoms with E-state index in [9.17, 15) is 4.79 Å². The lowest BCUT2D eigenvalue weighted by Gasteiger charge is -2.07. The number of nitrogens with zero attached hydrogens (tertiary/aromatic N) is 3. The van der Waals surface area contributed by atoms with E-state index >= 15 is 0 Å². The number of aromatic nitrogens is 3. The summed E-state index contributed by atoms with van der Waals surface area (Å²) in [5.74, 6) is 1.84. The number of rotatable bonds is 7. The fourth-order valence-electron chi connectivity index (χ4n) is 2.32. The maximum atomic E-state index is 11.0. The number of benzene rings is 1. The van der Waals surface area contributed by atoms with Crippen molar-refractivity contribution in [2.45, 2.75) is 18.9 Å². The quantitative estimate of drug-likeness (QED) is 0.487. The van der Waals surface area contributed by atoms with Crippen molar-refractivity contribution in [3.8, 4) is 11.3 Å². The molecule has 3 aromatic rings. The maximum absolute atomic E-state index is 11.0. The van der Waals surface area contributed by atoms with Crippen LogP contribution in [0.1, 0.15) is 12.7 Å². The standard InChI is InChI=1S/C18H19N5O2S/c1-12-16(17(23-25-12)26-11-10-19-13(2)24)15-8-9-20-18(22-15)21-14-6-4-3-5-7-14/h3-9H,10-11H2,1-2H3,(H,19,24)(H,20,21,22). The highest BCUT2D eigenvalue weighted by Crippen LogP contribution is 2.32. The fourth-order valence-corrected chi connectivity index (χ4v) is 3.20. The summed E-state index contributed by atoms with van der Waals surface area (Å²) in [5.41, 5.74) is 2.49. The summed E-state index contributed by atoms with van der Waals surface area (Å²) >= 11 is 1.51. The van der Waals surface area contributed by atoms with Crippen LogP contribution in [0.4, 0.5) is 11.6 Å². The number of hydrogen-bond acceptors (Lipinski definition) is 7. The molecule has 0 saturated heterocycles.